The highest BCUT2D eigenvalue weighted by Gasteiger charge is 2.26. The molecule has 0 spiro atoms. The van der Waals surface area contributed by atoms with Crippen molar-refractivity contribution in [2.24, 2.45) is 0 Å². The number of nitrogens with one attached hydrogen (secondary N) is 2. The van der Waals surface area contributed by atoms with Crippen LogP contribution in [0.5, 0.6) is 11.6 Å². The highest BCUT2D eigenvalue weighted by molar-refractivity contribution is 7.98. The van der Waals surface area contributed by atoms with Crippen LogP contribution in [0.1, 0.15) is 46.4 Å². The summed E-state index contributed by atoms with van der Waals surface area (Å²) in [4.78, 5) is 30.5. The molecule has 36 heavy (non-hydrogen) atoms. The van der Waals surface area contributed by atoms with E-state index in [0.29, 0.717) is 43.5 Å². The molecule has 2 heterocycles. The van der Waals surface area contributed by atoms with Crippen molar-refractivity contribution >= 4 is 23.6 Å². The van der Waals surface area contributed by atoms with Crippen molar-refractivity contribution in [3.63, 3.8) is 0 Å². The third kappa shape index (κ3) is 6.61. The van der Waals surface area contributed by atoms with E-state index < -0.39 is 11.7 Å². The second-order valence-electron chi connectivity index (χ2n) is 8.50. The minimum absolute atomic E-state index is 0.0229. The summed E-state index contributed by atoms with van der Waals surface area (Å²) in [6.07, 6.45) is 8.74. The first kappa shape index (κ1) is 25.6. The average molecular weight is 514 g/mol. The number of pyridine rings is 1. The van der Waals surface area contributed by atoms with Gasteiger partial charge in [0.25, 0.3) is 11.8 Å². The second-order valence-corrected chi connectivity index (χ2v) is 9.38. The van der Waals surface area contributed by atoms with Gasteiger partial charge < -0.3 is 20.5 Å². The monoisotopic (exact) mass is 513 g/mol. The number of halogens is 1. The van der Waals surface area contributed by atoms with Gasteiger partial charge in [0, 0.05) is 23.2 Å². The van der Waals surface area contributed by atoms with Gasteiger partial charge in [0.1, 0.15) is 17.1 Å². The topological polar surface area (TPSA) is 118 Å². The SMILES string of the molecule is CSc1cccc(Oc2ncc(F)cc2C(=O)NC2CCC(NC(=O)c3cnn(CCO)c3)CC2)c1. The number of thioether (sulfide) groups is 1. The van der Waals surface area contributed by atoms with E-state index in [9.17, 15) is 14.0 Å². The van der Waals surface area contributed by atoms with Gasteiger partial charge in [-0.25, -0.2) is 9.37 Å². The van der Waals surface area contributed by atoms with E-state index in [1.54, 1.807) is 24.0 Å². The van der Waals surface area contributed by atoms with Gasteiger partial charge in [-0.05, 0) is 56.2 Å². The lowest BCUT2D eigenvalue weighted by Gasteiger charge is -2.29. The number of ether oxygens (including phenoxy) is 1. The Morgan fingerprint density at radius 1 is 1.14 bits per heavy atom. The molecular weight excluding hydrogens is 485 g/mol. The Morgan fingerprint density at radius 2 is 1.86 bits per heavy atom. The predicted molar refractivity (Wildman–Crippen MR) is 133 cm³/mol. The molecule has 11 heteroatoms. The van der Waals surface area contributed by atoms with Gasteiger partial charge in [-0.1, -0.05) is 6.07 Å². The molecule has 4 rings (SSSR count). The molecule has 9 nitrogen and oxygen atoms in total. The van der Waals surface area contributed by atoms with Crippen LogP contribution >= 0.6 is 11.8 Å². The summed E-state index contributed by atoms with van der Waals surface area (Å²) in [5.74, 6) is -0.756. The predicted octanol–water partition coefficient (Wildman–Crippen LogP) is 3.39. The maximum Gasteiger partial charge on any atom is 0.257 e. The van der Waals surface area contributed by atoms with Gasteiger partial charge >= 0.3 is 0 Å². The molecule has 3 aromatic rings. The van der Waals surface area contributed by atoms with Crippen LogP contribution in [0.3, 0.4) is 0 Å². The molecule has 190 valence electrons. The molecule has 0 saturated heterocycles. The van der Waals surface area contributed by atoms with Crippen molar-refractivity contribution in [1.29, 1.82) is 0 Å². The van der Waals surface area contributed by atoms with Gasteiger partial charge in [0.05, 0.1) is 31.1 Å². The average Bonchev–Trinajstić information content (AvgIpc) is 3.35. The fourth-order valence-corrected chi connectivity index (χ4v) is 4.52. The summed E-state index contributed by atoms with van der Waals surface area (Å²) in [6, 6.07) is 8.33. The minimum atomic E-state index is -0.626. The van der Waals surface area contributed by atoms with Gasteiger partial charge in [0.2, 0.25) is 5.88 Å². The summed E-state index contributed by atoms with van der Waals surface area (Å²) in [5, 5.41) is 19.0. The number of benzene rings is 1. The van der Waals surface area contributed by atoms with E-state index in [-0.39, 0.29) is 36.0 Å². The Morgan fingerprint density at radius 3 is 2.56 bits per heavy atom. The van der Waals surface area contributed by atoms with E-state index in [4.69, 9.17) is 9.84 Å². The number of nitrogens with zero attached hydrogens (tertiary/aromatic N) is 3. The molecule has 1 aromatic carbocycles. The van der Waals surface area contributed by atoms with Crippen LogP contribution in [0.4, 0.5) is 4.39 Å². The molecule has 0 unspecified atom stereocenters. The summed E-state index contributed by atoms with van der Waals surface area (Å²) in [5.41, 5.74) is 0.466. The molecule has 3 N–H and O–H groups in total. The van der Waals surface area contributed by atoms with Crippen molar-refractivity contribution < 1.29 is 23.8 Å². The van der Waals surface area contributed by atoms with Gasteiger partial charge in [0.15, 0.2) is 0 Å². The van der Waals surface area contributed by atoms with Crippen molar-refractivity contribution in [1.82, 2.24) is 25.4 Å². The minimum Gasteiger partial charge on any atom is -0.438 e. The van der Waals surface area contributed by atoms with Gasteiger partial charge in [-0.3, -0.25) is 14.3 Å². The first-order valence-electron chi connectivity index (χ1n) is 11.7. The van der Waals surface area contributed by atoms with Crippen molar-refractivity contribution in [2.45, 2.75) is 49.2 Å². The van der Waals surface area contributed by atoms with Crippen LogP contribution in [-0.2, 0) is 6.54 Å². The first-order chi connectivity index (χ1) is 17.4. The van der Waals surface area contributed by atoms with Gasteiger partial charge in [-0.15, -0.1) is 11.8 Å². The molecule has 0 radical (unpaired) electrons. The number of aliphatic hydroxyl groups is 1. The maximum absolute atomic E-state index is 13.9. The third-order valence-electron chi connectivity index (χ3n) is 5.94. The Kier molecular flexibility index (Phi) is 8.55. The van der Waals surface area contributed by atoms with Crippen LogP contribution in [0, 0.1) is 5.82 Å². The van der Waals surface area contributed by atoms with Crippen LogP contribution < -0.4 is 15.4 Å². The highest BCUT2D eigenvalue weighted by Crippen LogP contribution is 2.28. The van der Waals surface area contributed by atoms with E-state index in [1.165, 1.54) is 10.9 Å². The zero-order valence-corrected chi connectivity index (χ0v) is 20.6. The summed E-state index contributed by atoms with van der Waals surface area (Å²) >= 11 is 1.56. The normalized spacial score (nSPS) is 17.4. The number of hydrogen-bond donors (Lipinski definition) is 3. The second kappa shape index (κ2) is 12.0. The Bertz CT molecular complexity index is 1210. The fourth-order valence-electron chi connectivity index (χ4n) is 4.07. The molecule has 2 aromatic heterocycles. The summed E-state index contributed by atoms with van der Waals surface area (Å²) in [6.45, 7) is 0.277. The number of carbonyl (C=O) groups is 2. The number of aromatic nitrogens is 3. The van der Waals surface area contributed by atoms with Crippen LogP contribution in [-0.4, -0.2) is 56.6 Å². The third-order valence-corrected chi connectivity index (χ3v) is 6.67. The molecule has 1 saturated carbocycles. The number of hydrogen-bond acceptors (Lipinski definition) is 7. The standard InChI is InChI=1S/C25H28FN5O4S/c1-36-21-4-2-3-20(12-21)35-25-22(11-17(26)14-27-25)24(34)30-19-7-5-18(6-8-19)29-23(33)16-13-28-31(15-16)9-10-32/h2-4,11-15,18-19,32H,5-10H2,1H3,(H,29,33)(H,30,34). The Hall–Kier alpha value is -3.44. The van der Waals surface area contributed by atoms with E-state index >= 15 is 0 Å². The molecule has 0 bridgehead atoms. The highest BCUT2D eigenvalue weighted by atomic mass is 32.2. The smallest absolute Gasteiger partial charge is 0.257 e. The summed E-state index contributed by atoms with van der Waals surface area (Å²) in [7, 11) is 0. The van der Waals surface area contributed by atoms with E-state index in [2.05, 4.69) is 20.7 Å². The number of amides is 2. The Labute approximate surface area is 212 Å². The number of aliphatic hydroxyl groups excluding tert-OH is 1. The van der Waals surface area contributed by atoms with Crippen LogP contribution in [0.25, 0.3) is 0 Å². The number of rotatable bonds is 9. The molecule has 1 aliphatic rings. The summed E-state index contributed by atoms with van der Waals surface area (Å²) < 4.78 is 21.3. The van der Waals surface area contributed by atoms with Crippen LogP contribution in [0.15, 0.2) is 53.8 Å². The Balaban J connectivity index is 1.33. The van der Waals surface area contributed by atoms with Crippen LogP contribution in [0.2, 0.25) is 0 Å². The number of carbonyl (C=O) groups excluding carboxylic acids is 2. The largest absolute Gasteiger partial charge is 0.438 e. The van der Waals surface area contributed by atoms with Crippen molar-refractivity contribution in [3.05, 3.63) is 65.9 Å². The quantitative estimate of drug-likeness (QED) is 0.375. The lowest BCUT2D eigenvalue weighted by atomic mass is 9.91. The molecule has 2 amide bonds. The zero-order valence-electron chi connectivity index (χ0n) is 19.8. The molecule has 0 aliphatic heterocycles. The molecule has 1 aliphatic carbocycles. The lowest BCUT2D eigenvalue weighted by molar-refractivity contribution is 0.0890. The lowest BCUT2D eigenvalue weighted by Crippen LogP contribution is -2.43. The molecular formula is C25H28FN5O4S. The van der Waals surface area contributed by atoms with Crippen molar-refractivity contribution in [3.8, 4) is 11.6 Å². The van der Waals surface area contributed by atoms with E-state index in [0.717, 1.165) is 17.2 Å². The maximum atomic E-state index is 13.9. The molecule has 0 atom stereocenters. The van der Waals surface area contributed by atoms with Gasteiger partial charge in [-0.2, -0.15) is 5.10 Å². The first-order valence-corrected chi connectivity index (χ1v) is 12.9. The molecule has 1 fully saturated rings. The fraction of sp³-hybridized carbons (Fsp3) is 0.360. The van der Waals surface area contributed by atoms with E-state index in [1.807, 2.05) is 24.5 Å². The zero-order chi connectivity index (χ0) is 25.5. The van der Waals surface area contributed by atoms with Crippen molar-refractivity contribution in [2.75, 3.05) is 12.9 Å².